The van der Waals surface area contributed by atoms with Crippen LogP contribution in [0.4, 0.5) is 4.79 Å². The average molecular weight is 510 g/mol. The molecule has 2 unspecified atom stereocenters. The molecule has 0 saturated carbocycles. The first-order valence-corrected chi connectivity index (χ1v) is 13.1. The first-order valence-electron chi connectivity index (χ1n) is 13.1. The molecule has 202 valence electrons. The zero-order valence-electron chi connectivity index (χ0n) is 23.4. The van der Waals surface area contributed by atoms with Gasteiger partial charge < -0.3 is 20.3 Å². The van der Waals surface area contributed by atoms with Crippen LogP contribution in [0.25, 0.3) is 0 Å². The van der Waals surface area contributed by atoms with E-state index in [9.17, 15) is 14.4 Å². The number of carbonyl (C=O) groups excluding carboxylic acids is 3. The summed E-state index contributed by atoms with van der Waals surface area (Å²) in [5.41, 5.74) is 2.93. The number of likely N-dealkylation sites (N-methyl/N-ethyl adjacent to an activating group) is 1. The van der Waals surface area contributed by atoms with E-state index in [0.717, 1.165) is 41.5 Å². The van der Waals surface area contributed by atoms with Crippen LogP contribution in [-0.4, -0.2) is 48.0 Å². The molecule has 0 heterocycles. The quantitative estimate of drug-likeness (QED) is 0.405. The van der Waals surface area contributed by atoms with Gasteiger partial charge in [-0.25, -0.2) is 4.79 Å². The van der Waals surface area contributed by atoms with Gasteiger partial charge in [0.2, 0.25) is 11.8 Å². The fourth-order valence-corrected chi connectivity index (χ4v) is 4.21. The van der Waals surface area contributed by atoms with E-state index in [1.807, 2.05) is 62.4 Å². The van der Waals surface area contributed by atoms with Crippen LogP contribution < -0.4 is 10.6 Å². The molecule has 2 rings (SSSR count). The molecule has 0 spiro atoms. The first-order chi connectivity index (χ1) is 17.4. The smallest absolute Gasteiger partial charge is 0.408 e. The number of alkyl carbamates (subject to hydrolysis) is 1. The Balaban J connectivity index is 2.38. The molecule has 0 aromatic heterocycles. The maximum Gasteiger partial charge on any atom is 0.408 e. The van der Waals surface area contributed by atoms with Crippen molar-refractivity contribution in [2.24, 2.45) is 0 Å². The summed E-state index contributed by atoms with van der Waals surface area (Å²) in [7, 11) is 1.62. The van der Waals surface area contributed by atoms with Crippen LogP contribution in [0.15, 0.2) is 48.5 Å². The van der Waals surface area contributed by atoms with E-state index in [1.165, 1.54) is 4.90 Å². The Morgan fingerprint density at radius 1 is 1.00 bits per heavy atom. The molecule has 0 bridgehead atoms. The molecule has 7 nitrogen and oxygen atoms in total. The third kappa shape index (κ3) is 9.56. The second-order valence-electron chi connectivity index (χ2n) is 10.6. The summed E-state index contributed by atoms with van der Waals surface area (Å²) in [5, 5.41) is 5.76. The number of nitrogens with one attached hydrogen (secondary N) is 2. The number of unbranched alkanes of at least 4 members (excludes halogenated alkanes) is 2. The number of carbonyl (C=O) groups is 3. The van der Waals surface area contributed by atoms with E-state index >= 15 is 0 Å². The Bertz CT molecular complexity index is 1050. The molecular formula is C30H43N3O4. The number of nitrogens with zero attached hydrogens (tertiary/aromatic N) is 1. The Kier molecular flexibility index (Phi) is 11.2. The highest BCUT2D eigenvalue weighted by Gasteiger charge is 2.34. The molecule has 0 aliphatic heterocycles. The second kappa shape index (κ2) is 13.8. The molecular weight excluding hydrogens is 466 g/mol. The van der Waals surface area contributed by atoms with Crippen molar-refractivity contribution >= 4 is 17.9 Å². The second-order valence-corrected chi connectivity index (χ2v) is 10.6. The van der Waals surface area contributed by atoms with Crippen LogP contribution in [-0.2, 0) is 20.7 Å². The molecule has 0 aliphatic rings. The third-order valence-corrected chi connectivity index (χ3v) is 6.05. The van der Waals surface area contributed by atoms with Crippen molar-refractivity contribution in [3.63, 3.8) is 0 Å². The molecule has 3 amide bonds. The number of benzene rings is 2. The highest BCUT2D eigenvalue weighted by Crippen LogP contribution is 2.25. The predicted octanol–water partition coefficient (Wildman–Crippen LogP) is 5.25. The molecule has 2 atom stereocenters. The summed E-state index contributed by atoms with van der Waals surface area (Å²) in [4.78, 5) is 41.5. The number of amides is 3. The van der Waals surface area contributed by atoms with Gasteiger partial charge >= 0.3 is 6.09 Å². The molecule has 2 N–H and O–H groups in total. The Morgan fingerprint density at radius 2 is 1.68 bits per heavy atom. The third-order valence-electron chi connectivity index (χ3n) is 6.05. The zero-order valence-corrected chi connectivity index (χ0v) is 23.4. The van der Waals surface area contributed by atoms with Gasteiger partial charge in [0.1, 0.15) is 17.7 Å². The minimum atomic E-state index is -0.914. The lowest BCUT2D eigenvalue weighted by atomic mass is 9.96. The monoisotopic (exact) mass is 509 g/mol. The summed E-state index contributed by atoms with van der Waals surface area (Å²) in [6.45, 7) is 11.9. The number of aryl methyl sites for hydroxylation is 2. The fraction of sp³-hybridized carbons (Fsp3) is 0.500. The van der Waals surface area contributed by atoms with Crippen molar-refractivity contribution in [2.75, 3.05) is 13.6 Å². The van der Waals surface area contributed by atoms with Crippen molar-refractivity contribution in [1.82, 2.24) is 15.5 Å². The topological polar surface area (TPSA) is 87.7 Å². The average Bonchev–Trinajstić information content (AvgIpc) is 2.82. The van der Waals surface area contributed by atoms with Gasteiger partial charge in [0.25, 0.3) is 0 Å². The van der Waals surface area contributed by atoms with E-state index in [1.54, 1.807) is 27.8 Å². The van der Waals surface area contributed by atoms with Crippen LogP contribution in [0.5, 0.6) is 0 Å². The Morgan fingerprint density at radius 3 is 2.27 bits per heavy atom. The van der Waals surface area contributed by atoms with Gasteiger partial charge in [-0.1, -0.05) is 73.9 Å². The minimum absolute atomic E-state index is 0.241. The van der Waals surface area contributed by atoms with Crippen LogP contribution >= 0.6 is 0 Å². The van der Waals surface area contributed by atoms with Gasteiger partial charge in [-0.05, 0) is 57.7 Å². The summed E-state index contributed by atoms with van der Waals surface area (Å²) in [6, 6.07) is 13.6. The number of hydrogen-bond donors (Lipinski definition) is 2. The highest BCUT2D eigenvalue weighted by atomic mass is 16.6. The predicted molar refractivity (Wildman–Crippen MR) is 147 cm³/mol. The standard InChI is InChI=1S/C30H43N3O4/c1-8-9-13-18-31-27(34)26(24-17-16-21(2)19-22(24)3)33(7)28(35)25(20-23-14-11-10-12-15-23)32-29(36)37-30(4,5)6/h10-12,14-17,19,25-26H,8-9,13,18,20H2,1-7H3,(H,31,34)(H,32,36). The van der Waals surface area contributed by atoms with E-state index in [-0.39, 0.29) is 18.2 Å². The van der Waals surface area contributed by atoms with Gasteiger partial charge in [-0.2, -0.15) is 0 Å². The number of hydrogen-bond acceptors (Lipinski definition) is 4. The fourth-order valence-electron chi connectivity index (χ4n) is 4.21. The van der Waals surface area contributed by atoms with Gasteiger partial charge in [0.15, 0.2) is 0 Å². The lowest BCUT2D eigenvalue weighted by Gasteiger charge is -2.32. The van der Waals surface area contributed by atoms with Gasteiger partial charge in [-0.3, -0.25) is 9.59 Å². The van der Waals surface area contributed by atoms with E-state index in [2.05, 4.69) is 17.6 Å². The van der Waals surface area contributed by atoms with Crippen molar-refractivity contribution in [3.8, 4) is 0 Å². The van der Waals surface area contributed by atoms with Crippen molar-refractivity contribution < 1.29 is 19.1 Å². The summed E-state index contributed by atoms with van der Waals surface area (Å²) in [5.74, 6) is -0.613. The van der Waals surface area contributed by atoms with Crippen LogP contribution in [0.3, 0.4) is 0 Å². The Hall–Kier alpha value is -3.35. The molecule has 2 aromatic carbocycles. The Labute approximate surface area is 222 Å². The molecule has 2 aromatic rings. The van der Waals surface area contributed by atoms with Crippen molar-refractivity contribution in [3.05, 3.63) is 70.8 Å². The number of rotatable bonds is 11. The molecule has 0 fully saturated rings. The molecule has 37 heavy (non-hydrogen) atoms. The number of ether oxygens (including phenoxy) is 1. The minimum Gasteiger partial charge on any atom is -0.444 e. The summed E-state index contributed by atoms with van der Waals surface area (Å²) in [6.07, 6.45) is 2.52. The van der Waals surface area contributed by atoms with Crippen LogP contribution in [0.2, 0.25) is 0 Å². The van der Waals surface area contributed by atoms with Crippen LogP contribution in [0, 0.1) is 13.8 Å². The largest absolute Gasteiger partial charge is 0.444 e. The van der Waals surface area contributed by atoms with E-state index in [0.29, 0.717) is 6.54 Å². The van der Waals surface area contributed by atoms with Crippen molar-refractivity contribution in [1.29, 1.82) is 0 Å². The molecule has 0 aliphatic carbocycles. The SMILES string of the molecule is CCCCCNC(=O)C(c1ccc(C)cc1C)N(C)C(=O)C(Cc1ccccc1)NC(=O)OC(C)(C)C. The molecule has 0 radical (unpaired) electrons. The van der Waals surface area contributed by atoms with Crippen LogP contribution in [0.1, 0.15) is 75.3 Å². The van der Waals surface area contributed by atoms with Crippen molar-refractivity contribution in [2.45, 2.75) is 84.9 Å². The van der Waals surface area contributed by atoms with E-state index < -0.39 is 23.8 Å². The maximum absolute atomic E-state index is 13.9. The normalized spacial score (nSPS) is 12.8. The lowest BCUT2D eigenvalue weighted by Crippen LogP contribution is -2.52. The zero-order chi connectivity index (χ0) is 27.6. The summed E-state index contributed by atoms with van der Waals surface area (Å²) >= 11 is 0. The summed E-state index contributed by atoms with van der Waals surface area (Å²) < 4.78 is 5.44. The highest BCUT2D eigenvalue weighted by molar-refractivity contribution is 5.92. The maximum atomic E-state index is 13.9. The van der Waals surface area contributed by atoms with Gasteiger partial charge in [0, 0.05) is 20.0 Å². The van der Waals surface area contributed by atoms with E-state index in [4.69, 9.17) is 4.74 Å². The molecule has 7 heteroatoms. The first kappa shape index (κ1) is 29.9. The molecule has 0 saturated heterocycles. The lowest BCUT2D eigenvalue weighted by molar-refractivity contribution is -0.140. The van der Waals surface area contributed by atoms with Gasteiger partial charge in [0.05, 0.1) is 0 Å². The van der Waals surface area contributed by atoms with Gasteiger partial charge in [-0.15, -0.1) is 0 Å².